The quantitative estimate of drug-likeness (QED) is 0.879. The molecule has 1 aliphatic rings. The van der Waals surface area contributed by atoms with Crippen LogP contribution in [0.5, 0.6) is 11.5 Å². The van der Waals surface area contributed by atoms with E-state index in [0.29, 0.717) is 24.4 Å². The molecule has 1 saturated heterocycles. The van der Waals surface area contributed by atoms with Crippen molar-refractivity contribution in [1.82, 2.24) is 4.98 Å². The number of methoxy groups -OCH3 is 2. The lowest BCUT2D eigenvalue weighted by Crippen LogP contribution is -2.07. The molecule has 0 spiro atoms. The van der Waals surface area contributed by atoms with Crippen LogP contribution in [0.1, 0.15) is 11.6 Å². The fourth-order valence-corrected chi connectivity index (χ4v) is 3.29. The summed E-state index contributed by atoms with van der Waals surface area (Å²) in [5.74, 6) is 1.56. The van der Waals surface area contributed by atoms with Crippen LogP contribution in [0, 0.1) is 0 Å². The van der Waals surface area contributed by atoms with E-state index >= 15 is 0 Å². The molecule has 2 heterocycles. The van der Waals surface area contributed by atoms with Gasteiger partial charge < -0.3 is 19.2 Å². The van der Waals surface area contributed by atoms with E-state index in [1.165, 1.54) is 0 Å². The molecule has 3 rings (SSSR count). The Morgan fingerprint density at radius 1 is 1.33 bits per heavy atom. The fourth-order valence-electron chi connectivity index (χ4n) is 2.39. The summed E-state index contributed by atoms with van der Waals surface area (Å²) < 4.78 is 15.7. The monoisotopic (exact) mass is 305 g/mol. The Labute approximate surface area is 127 Å². The summed E-state index contributed by atoms with van der Waals surface area (Å²) in [5, 5.41) is 12.4. The third-order valence-corrected chi connectivity index (χ3v) is 4.46. The van der Waals surface area contributed by atoms with Gasteiger partial charge in [0.15, 0.2) is 11.5 Å². The van der Waals surface area contributed by atoms with Crippen LogP contribution in [0.25, 0.3) is 10.6 Å². The van der Waals surface area contributed by atoms with Gasteiger partial charge >= 0.3 is 7.12 Å². The van der Waals surface area contributed by atoms with Gasteiger partial charge in [-0.3, -0.25) is 0 Å². The van der Waals surface area contributed by atoms with E-state index in [2.05, 4.69) is 4.98 Å². The molecule has 110 valence electrons. The second-order valence-electron chi connectivity index (χ2n) is 4.87. The highest BCUT2D eigenvalue weighted by Crippen LogP contribution is 2.36. The van der Waals surface area contributed by atoms with Gasteiger partial charge in [0.25, 0.3) is 0 Å². The second kappa shape index (κ2) is 6.05. The zero-order valence-corrected chi connectivity index (χ0v) is 12.7. The minimum atomic E-state index is -0.666. The lowest BCUT2D eigenvalue weighted by atomic mass is 9.81. The number of hydrogen-bond donors (Lipinski definition) is 1. The Morgan fingerprint density at radius 2 is 2.14 bits per heavy atom. The number of rotatable bonds is 4. The molecule has 1 fully saturated rings. The van der Waals surface area contributed by atoms with Crippen molar-refractivity contribution in [3.63, 3.8) is 0 Å². The van der Waals surface area contributed by atoms with Crippen molar-refractivity contribution in [2.24, 2.45) is 0 Å². The van der Waals surface area contributed by atoms with Crippen molar-refractivity contribution in [2.75, 3.05) is 20.8 Å². The van der Waals surface area contributed by atoms with Crippen molar-refractivity contribution in [3.8, 4) is 22.1 Å². The summed E-state index contributed by atoms with van der Waals surface area (Å²) in [6.07, 6.45) is 0.606. The van der Waals surface area contributed by atoms with Crippen LogP contribution in [0.2, 0.25) is 6.32 Å². The van der Waals surface area contributed by atoms with Crippen LogP contribution < -0.4 is 9.47 Å². The Hall–Kier alpha value is -1.57. The van der Waals surface area contributed by atoms with E-state index in [0.717, 1.165) is 16.3 Å². The first kappa shape index (κ1) is 14.4. The molecule has 1 aromatic heterocycles. The Kier molecular flexibility index (Phi) is 4.14. The molecule has 21 heavy (non-hydrogen) atoms. The van der Waals surface area contributed by atoms with Gasteiger partial charge in [-0.1, -0.05) is 0 Å². The molecule has 2 aromatic rings. The lowest BCUT2D eigenvalue weighted by Gasteiger charge is -2.08. The predicted molar refractivity (Wildman–Crippen MR) is 82.1 cm³/mol. The van der Waals surface area contributed by atoms with Gasteiger partial charge in [0, 0.05) is 23.5 Å². The maximum absolute atomic E-state index is 9.43. The lowest BCUT2D eigenvalue weighted by molar-refractivity contribution is 0.291. The van der Waals surface area contributed by atoms with Crippen LogP contribution in [0.15, 0.2) is 23.6 Å². The number of hydrogen-bond acceptors (Lipinski definition) is 6. The molecule has 0 unspecified atom stereocenters. The van der Waals surface area contributed by atoms with Crippen molar-refractivity contribution < 1.29 is 19.2 Å². The van der Waals surface area contributed by atoms with E-state index in [1.807, 2.05) is 23.6 Å². The van der Waals surface area contributed by atoms with Crippen molar-refractivity contribution >= 4 is 18.5 Å². The third-order valence-electron chi connectivity index (χ3n) is 3.55. The molecule has 0 bridgehead atoms. The van der Waals surface area contributed by atoms with E-state index < -0.39 is 7.12 Å². The van der Waals surface area contributed by atoms with Crippen LogP contribution in [0.3, 0.4) is 0 Å². The Morgan fingerprint density at radius 3 is 2.81 bits per heavy atom. The van der Waals surface area contributed by atoms with E-state index in [1.54, 1.807) is 25.6 Å². The Bertz CT molecular complexity index is 633. The number of ether oxygens (including phenoxy) is 2. The zero-order chi connectivity index (χ0) is 14.8. The van der Waals surface area contributed by atoms with Crippen molar-refractivity contribution in [1.29, 1.82) is 0 Å². The minimum absolute atomic E-state index is 0.171. The average Bonchev–Trinajstić information content (AvgIpc) is 3.15. The third kappa shape index (κ3) is 2.90. The van der Waals surface area contributed by atoms with Gasteiger partial charge in [-0.15, -0.1) is 11.3 Å². The molecule has 0 radical (unpaired) electrons. The summed E-state index contributed by atoms with van der Waals surface area (Å²) in [6.45, 7) is 0.524. The van der Waals surface area contributed by atoms with Crippen LogP contribution in [-0.4, -0.2) is 38.0 Å². The molecule has 1 aromatic carbocycles. The number of nitrogens with zero attached hydrogens (tertiary/aromatic N) is 1. The molecule has 0 aliphatic carbocycles. The number of benzene rings is 1. The highest BCUT2D eigenvalue weighted by atomic mass is 32.1. The molecule has 1 atom stereocenters. The Balaban J connectivity index is 1.86. The summed E-state index contributed by atoms with van der Waals surface area (Å²) >= 11 is 1.58. The normalized spacial score (nSPS) is 18.0. The predicted octanol–water partition coefficient (Wildman–Crippen LogP) is 2.42. The van der Waals surface area contributed by atoms with Gasteiger partial charge in [0.05, 0.1) is 19.9 Å². The molecule has 0 saturated carbocycles. The van der Waals surface area contributed by atoms with Gasteiger partial charge in [-0.2, -0.15) is 0 Å². The fraction of sp³-hybridized carbons (Fsp3) is 0.357. The van der Waals surface area contributed by atoms with Crippen molar-refractivity contribution in [3.05, 3.63) is 29.3 Å². The largest absolute Gasteiger partial charge is 0.493 e. The van der Waals surface area contributed by atoms with E-state index in [-0.39, 0.29) is 5.92 Å². The number of thiazole rings is 1. The minimum Gasteiger partial charge on any atom is -0.493 e. The van der Waals surface area contributed by atoms with Gasteiger partial charge in [-0.25, -0.2) is 4.98 Å². The highest BCUT2D eigenvalue weighted by molar-refractivity contribution is 7.13. The molecular weight excluding hydrogens is 289 g/mol. The SMILES string of the molecule is COc1ccc(-c2nc([C@@H]3COB(O)C3)cs2)cc1OC. The summed E-state index contributed by atoms with van der Waals surface area (Å²) in [7, 11) is 2.57. The van der Waals surface area contributed by atoms with E-state index in [9.17, 15) is 5.02 Å². The maximum Gasteiger partial charge on any atom is 0.454 e. The van der Waals surface area contributed by atoms with E-state index in [4.69, 9.17) is 14.1 Å². The first-order valence-electron chi connectivity index (χ1n) is 6.68. The zero-order valence-electron chi connectivity index (χ0n) is 11.9. The molecule has 1 aliphatic heterocycles. The standard InChI is InChI=1S/C14H16BNO4S/c1-18-12-4-3-9(5-13(12)19-2)14-16-11(8-21-14)10-6-15(17)20-7-10/h3-5,8,10,17H,6-7H2,1-2H3/t10-/m0/s1. The smallest absolute Gasteiger partial charge is 0.454 e. The molecule has 1 N–H and O–H groups in total. The summed E-state index contributed by atoms with van der Waals surface area (Å²) in [5.41, 5.74) is 1.96. The van der Waals surface area contributed by atoms with Gasteiger partial charge in [0.2, 0.25) is 0 Å². The second-order valence-corrected chi connectivity index (χ2v) is 5.73. The topological polar surface area (TPSA) is 60.8 Å². The molecule has 5 nitrogen and oxygen atoms in total. The van der Waals surface area contributed by atoms with Gasteiger partial charge in [0.1, 0.15) is 5.01 Å². The van der Waals surface area contributed by atoms with Crippen LogP contribution in [-0.2, 0) is 4.65 Å². The van der Waals surface area contributed by atoms with Crippen molar-refractivity contribution in [2.45, 2.75) is 12.2 Å². The first-order chi connectivity index (χ1) is 10.2. The first-order valence-corrected chi connectivity index (χ1v) is 7.56. The summed E-state index contributed by atoms with van der Waals surface area (Å²) in [6, 6.07) is 5.75. The number of aromatic nitrogens is 1. The van der Waals surface area contributed by atoms with Gasteiger partial charge in [-0.05, 0) is 24.5 Å². The molecular formula is C14H16BNO4S. The highest BCUT2D eigenvalue weighted by Gasteiger charge is 2.31. The molecule has 7 heteroatoms. The van der Waals surface area contributed by atoms with Crippen LogP contribution in [0.4, 0.5) is 0 Å². The molecule has 0 amide bonds. The summed E-state index contributed by atoms with van der Waals surface area (Å²) in [4.78, 5) is 4.66. The van der Waals surface area contributed by atoms with Crippen LogP contribution >= 0.6 is 11.3 Å². The average molecular weight is 305 g/mol. The maximum atomic E-state index is 9.43.